The molecule has 0 amide bonds. The van der Waals surface area contributed by atoms with Crippen LogP contribution in [0.1, 0.15) is 49.3 Å². The summed E-state index contributed by atoms with van der Waals surface area (Å²) in [7, 11) is 0. The maximum atomic E-state index is 6.18. The van der Waals surface area contributed by atoms with Gasteiger partial charge in [0.05, 0.1) is 24.5 Å². The Morgan fingerprint density at radius 3 is 2.71 bits per heavy atom. The third kappa shape index (κ3) is 2.89. The quantitative estimate of drug-likeness (QED) is 0.817. The average molecular weight is 375 g/mol. The van der Waals surface area contributed by atoms with E-state index in [0.29, 0.717) is 12.2 Å². The second-order valence-electron chi connectivity index (χ2n) is 8.80. The summed E-state index contributed by atoms with van der Waals surface area (Å²) >= 11 is 0. The second kappa shape index (κ2) is 6.05. The van der Waals surface area contributed by atoms with Gasteiger partial charge in [-0.1, -0.05) is 6.07 Å². The minimum absolute atomic E-state index is 0.0314. The van der Waals surface area contributed by atoms with Crippen LogP contribution < -0.4 is 9.64 Å². The first kappa shape index (κ1) is 16.5. The van der Waals surface area contributed by atoms with Gasteiger partial charge >= 0.3 is 0 Å². The summed E-state index contributed by atoms with van der Waals surface area (Å²) in [6.07, 6.45) is 7.24. The molecule has 3 fully saturated rings. The molecule has 2 saturated heterocycles. The van der Waals surface area contributed by atoms with Gasteiger partial charge in [-0.25, -0.2) is 4.98 Å². The number of hydrogen-bond acceptors (Lipinski definition) is 5. The molecule has 2 aromatic rings. The van der Waals surface area contributed by atoms with Crippen LogP contribution in [0.5, 0.6) is 5.75 Å². The van der Waals surface area contributed by atoms with Crippen molar-refractivity contribution in [2.75, 3.05) is 18.0 Å². The number of anilines is 1. The summed E-state index contributed by atoms with van der Waals surface area (Å²) < 4.78 is 12.2. The molecule has 2 bridgehead atoms. The number of hydrogen-bond donors (Lipinski definition) is 0. The minimum Gasteiger partial charge on any atom is -0.488 e. The zero-order valence-corrected chi connectivity index (χ0v) is 16.2. The highest BCUT2D eigenvalue weighted by Crippen LogP contribution is 2.40. The van der Waals surface area contributed by atoms with Gasteiger partial charge in [-0.15, -0.1) is 0 Å². The van der Waals surface area contributed by atoms with Crippen molar-refractivity contribution in [3.63, 3.8) is 0 Å². The lowest BCUT2D eigenvalue weighted by Gasteiger charge is -2.33. The smallest absolute Gasteiger partial charge is 0.129 e. The van der Waals surface area contributed by atoms with Crippen LogP contribution in [-0.4, -0.2) is 41.6 Å². The lowest BCUT2D eigenvalue weighted by atomic mass is 10.0. The highest BCUT2D eigenvalue weighted by molar-refractivity contribution is 6.15. The van der Waals surface area contributed by atoms with E-state index in [1.165, 1.54) is 24.0 Å². The van der Waals surface area contributed by atoms with E-state index < -0.39 is 0 Å². The zero-order chi connectivity index (χ0) is 18.7. The number of rotatable bonds is 4. The zero-order valence-electron chi connectivity index (χ0n) is 16.2. The van der Waals surface area contributed by atoms with Crippen LogP contribution in [0.3, 0.4) is 0 Å². The van der Waals surface area contributed by atoms with Crippen LogP contribution in [-0.2, 0) is 11.3 Å². The third-order valence-corrected chi connectivity index (χ3v) is 6.45. The normalized spacial score (nSPS) is 26.8. The topological polar surface area (TPSA) is 47.0 Å². The first-order valence-corrected chi connectivity index (χ1v) is 10.4. The van der Waals surface area contributed by atoms with E-state index in [1.807, 2.05) is 6.20 Å². The van der Waals surface area contributed by atoms with Crippen LogP contribution in [0.4, 0.5) is 5.82 Å². The Hall–Kier alpha value is -2.40. The van der Waals surface area contributed by atoms with Crippen molar-refractivity contribution in [2.45, 2.75) is 57.0 Å². The molecule has 1 aromatic heterocycles. The molecular formula is C23H25N3O2. The molecule has 2 unspecified atom stereocenters. The molecule has 5 heteroatoms. The summed E-state index contributed by atoms with van der Waals surface area (Å²) in [4.78, 5) is 11.9. The van der Waals surface area contributed by atoms with Crippen LogP contribution in [0.2, 0.25) is 0 Å². The molecule has 0 radical (unpaired) electrons. The Kier molecular flexibility index (Phi) is 3.57. The lowest BCUT2D eigenvalue weighted by molar-refractivity contribution is 0.0302. The molecule has 6 rings (SSSR count). The van der Waals surface area contributed by atoms with Gasteiger partial charge in [0.25, 0.3) is 0 Å². The molecule has 3 aliphatic heterocycles. The fraction of sp³-hybridized carbons (Fsp3) is 0.478. The van der Waals surface area contributed by atoms with Gasteiger partial charge in [0.2, 0.25) is 0 Å². The van der Waals surface area contributed by atoms with Crippen LogP contribution in [0, 0.1) is 0 Å². The van der Waals surface area contributed by atoms with Crippen molar-refractivity contribution in [1.29, 1.82) is 0 Å². The minimum atomic E-state index is 0.0314. The van der Waals surface area contributed by atoms with Crippen LogP contribution >= 0.6 is 0 Å². The molecule has 1 aliphatic carbocycles. The van der Waals surface area contributed by atoms with E-state index in [4.69, 9.17) is 14.5 Å². The van der Waals surface area contributed by atoms with Gasteiger partial charge in [0.1, 0.15) is 17.2 Å². The maximum Gasteiger partial charge on any atom is 0.129 e. The number of pyridine rings is 1. The van der Waals surface area contributed by atoms with E-state index in [2.05, 4.69) is 47.1 Å². The van der Waals surface area contributed by atoms with Crippen molar-refractivity contribution in [1.82, 2.24) is 4.98 Å². The van der Waals surface area contributed by atoms with Gasteiger partial charge in [-0.3, -0.25) is 4.99 Å². The largest absolute Gasteiger partial charge is 0.488 e. The highest BCUT2D eigenvalue weighted by atomic mass is 16.5. The predicted molar refractivity (Wildman–Crippen MR) is 108 cm³/mol. The van der Waals surface area contributed by atoms with Gasteiger partial charge in [0.15, 0.2) is 0 Å². The van der Waals surface area contributed by atoms with Gasteiger partial charge < -0.3 is 14.4 Å². The van der Waals surface area contributed by atoms with Gasteiger partial charge in [-0.05, 0) is 62.4 Å². The van der Waals surface area contributed by atoms with Gasteiger partial charge in [0, 0.05) is 30.4 Å². The van der Waals surface area contributed by atoms with Crippen molar-refractivity contribution in [2.24, 2.45) is 4.99 Å². The molecule has 1 saturated carbocycles. The van der Waals surface area contributed by atoms with Crippen molar-refractivity contribution >= 4 is 11.5 Å². The molecule has 28 heavy (non-hydrogen) atoms. The summed E-state index contributed by atoms with van der Waals surface area (Å²) in [5.41, 5.74) is 4.69. The number of fused-ring (bicyclic) bond motifs is 3. The molecular weight excluding hydrogens is 350 g/mol. The standard InChI is InChI=1S/C23H25N3O2/c1-23(7-8-23)28-17-3-2-16-12-25-22(20(16)11-17)15-6-9-24-21(10-15)26-13-18-4-5-19(14-26)27-18/h2-3,6,9-11,18-19H,4-5,7-8,12-14H2,1H3. The van der Waals surface area contributed by atoms with Crippen LogP contribution in [0.25, 0.3) is 0 Å². The number of morpholine rings is 1. The summed E-state index contributed by atoms with van der Waals surface area (Å²) in [6, 6.07) is 10.7. The molecule has 4 heterocycles. The maximum absolute atomic E-state index is 6.18. The first-order valence-electron chi connectivity index (χ1n) is 10.4. The average Bonchev–Trinajstić information content (AvgIpc) is 3.14. The Labute approximate surface area is 165 Å². The van der Waals surface area contributed by atoms with Crippen LogP contribution in [0.15, 0.2) is 41.5 Å². The molecule has 0 N–H and O–H groups in total. The summed E-state index contributed by atoms with van der Waals surface area (Å²) in [5, 5.41) is 0. The molecule has 144 valence electrons. The van der Waals surface area contributed by atoms with Crippen molar-refractivity contribution in [3.8, 4) is 5.75 Å². The van der Waals surface area contributed by atoms with E-state index >= 15 is 0 Å². The number of aromatic nitrogens is 1. The third-order valence-electron chi connectivity index (χ3n) is 6.45. The number of ether oxygens (including phenoxy) is 2. The fourth-order valence-electron chi connectivity index (χ4n) is 4.58. The monoisotopic (exact) mass is 375 g/mol. The highest BCUT2D eigenvalue weighted by Gasteiger charge is 2.40. The van der Waals surface area contributed by atoms with E-state index in [9.17, 15) is 0 Å². The summed E-state index contributed by atoms with van der Waals surface area (Å²) in [6.45, 7) is 4.79. The van der Waals surface area contributed by atoms with Crippen molar-refractivity contribution in [3.05, 3.63) is 53.2 Å². The number of benzene rings is 1. The molecule has 0 spiro atoms. The molecule has 2 atom stereocenters. The second-order valence-corrected chi connectivity index (χ2v) is 8.80. The first-order chi connectivity index (χ1) is 13.7. The SMILES string of the molecule is CC1(Oc2ccc3c(c2)C(c2ccnc(N4CC5CCC(C4)O5)c2)=NC3)CC1. The summed E-state index contributed by atoms with van der Waals surface area (Å²) in [5.74, 6) is 1.99. The molecule has 1 aromatic carbocycles. The number of aliphatic imine (C=N–C) groups is 1. The predicted octanol–water partition coefficient (Wildman–Crippen LogP) is 3.73. The van der Waals surface area contributed by atoms with E-state index in [0.717, 1.165) is 55.3 Å². The number of nitrogens with zero attached hydrogens (tertiary/aromatic N) is 3. The van der Waals surface area contributed by atoms with Crippen molar-refractivity contribution < 1.29 is 9.47 Å². The van der Waals surface area contributed by atoms with E-state index in [1.54, 1.807) is 0 Å². The van der Waals surface area contributed by atoms with E-state index in [-0.39, 0.29) is 5.60 Å². The Bertz CT molecular complexity index is 954. The Morgan fingerprint density at radius 2 is 1.93 bits per heavy atom. The lowest BCUT2D eigenvalue weighted by Crippen LogP contribution is -2.43. The Morgan fingerprint density at radius 1 is 1.11 bits per heavy atom. The van der Waals surface area contributed by atoms with Gasteiger partial charge in [-0.2, -0.15) is 0 Å². The molecule has 5 nitrogen and oxygen atoms in total. The fourth-order valence-corrected chi connectivity index (χ4v) is 4.58. The molecule has 4 aliphatic rings. The Balaban J connectivity index is 1.29.